The first-order chi connectivity index (χ1) is 10.9. The van der Waals surface area contributed by atoms with E-state index in [0.717, 1.165) is 12.1 Å². The number of carbonyl (C=O) groups is 2. The van der Waals surface area contributed by atoms with E-state index in [4.69, 9.17) is 11.6 Å². The molecule has 2 amide bonds. The van der Waals surface area contributed by atoms with Crippen molar-refractivity contribution >= 4 is 50.9 Å². The molecule has 0 unspecified atom stereocenters. The highest BCUT2D eigenvalue weighted by atomic mass is 79.9. The van der Waals surface area contributed by atoms with Crippen molar-refractivity contribution in [3.8, 4) is 0 Å². The Balaban J connectivity index is 1.93. The van der Waals surface area contributed by atoms with Gasteiger partial charge in [-0.1, -0.05) is 18.5 Å². The van der Waals surface area contributed by atoms with Crippen molar-refractivity contribution in [2.75, 3.05) is 36.5 Å². The van der Waals surface area contributed by atoms with Crippen molar-refractivity contribution in [2.24, 2.45) is 0 Å². The lowest BCUT2D eigenvalue weighted by molar-refractivity contribution is -0.133. The van der Waals surface area contributed by atoms with Gasteiger partial charge in [0.05, 0.1) is 16.7 Å². The van der Waals surface area contributed by atoms with Crippen LogP contribution in [0.3, 0.4) is 0 Å². The molecule has 2 aliphatic rings. The van der Waals surface area contributed by atoms with Crippen LogP contribution in [0, 0.1) is 0 Å². The Morgan fingerprint density at radius 1 is 1.48 bits per heavy atom. The summed E-state index contributed by atoms with van der Waals surface area (Å²) in [4.78, 5) is 34.6. The molecule has 3 rings (SSSR count). The van der Waals surface area contributed by atoms with Gasteiger partial charge < -0.3 is 14.7 Å². The second kappa shape index (κ2) is 6.28. The first-order valence-corrected chi connectivity index (χ1v) is 8.79. The van der Waals surface area contributed by atoms with Gasteiger partial charge in [0, 0.05) is 26.6 Å². The van der Waals surface area contributed by atoms with Crippen LogP contribution in [-0.4, -0.2) is 54.4 Å². The zero-order valence-electron chi connectivity index (χ0n) is 13.1. The fraction of sp³-hybridized carbons (Fsp3) is 0.533. The van der Waals surface area contributed by atoms with E-state index in [0.29, 0.717) is 41.5 Å². The van der Waals surface area contributed by atoms with Crippen molar-refractivity contribution in [1.82, 2.24) is 9.88 Å². The van der Waals surface area contributed by atoms with Gasteiger partial charge in [0.2, 0.25) is 5.91 Å². The number of carbonyl (C=O) groups excluding carboxylic acids is 2. The Labute approximate surface area is 148 Å². The number of hydrogen-bond acceptors (Lipinski definition) is 4. The molecule has 0 N–H and O–H groups in total. The van der Waals surface area contributed by atoms with Crippen molar-refractivity contribution in [3.63, 3.8) is 0 Å². The SMILES string of the molecule is CCCC(=O)N1CCN2c3nc(Cl)c(Br)cc3N(C)C(=O)[C@H]2C1. The highest BCUT2D eigenvalue weighted by molar-refractivity contribution is 9.10. The van der Waals surface area contributed by atoms with Gasteiger partial charge in [0.25, 0.3) is 5.91 Å². The van der Waals surface area contributed by atoms with E-state index >= 15 is 0 Å². The van der Waals surface area contributed by atoms with Crippen molar-refractivity contribution in [2.45, 2.75) is 25.8 Å². The predicted octanol–water partition coefficient (Wildman–Crippen LogP) is 2.29. The lowest BCUT2D eigenvalue weighted by Crippen LogP contribution is -2.63. The molecule has 1 atom stereocenters. The van der Waals surface area contributed by atoms with Crippen molar-refractivity contribution < 1.29 is 9.59 Å². The van der Waals surface area contributed by atoms with Gasteiger partial charge in [-0.15, -0.1) is 0 Å². The van der Waals surface area contributed by atoms with Crippen LogP contribution in [0.1, 0.15) is 19.8 Å². The molecule has 1 saturated heterocycles. The van der Waals surface area contributed by atoms with Gasteiger partial charge >= 0.3 is 0 Å². The molecule has 8 heteroatoms. The van der Waals surface area contributed by atoms with Crippen LogP contribution in [0.5, 0.6) is 0 Å². The molecule has 0 radical (unpaired) electrons. The monoisotopic (exact) mass is 400 g/mol. The normalized spacial score (nSPS) is 20.4. The average Bonchev–Trinajstić information content (AvgIpc) is 2.54. The van der Waals surface area contributed by atoms with Crippen LogP contribution in [-0.2, 0) is 9.59 Å². The van der Waals surface area contributed by atoms with E-state index in [1.807, 2.05) is 17.9 Å². The lowest BCUT2D eigenvalue weighted by Gasteiger charge is -2.46. The van der Waals surface area contributed by atoms with Crippen molar-refractivity contribution in [3.05, 3.63) is 15.7 Å². The second-order valence-corrected chi connectivity index (χ2v) is 7.01. The highest BCUT2D eigenvalue weighted by Gasteiger charge is 2.42. The van der Waals surface area contributed by atoms with Crippen molar-refractivity contribution in [1.29, 1.82) is 0 Å². The Bertz CT molecular complexity index is 669. The van der Waals surface area contributed by atoms with E-state index in [-0.39, 0.29) is 11.8 Å². The van der Waals surface area contributed by atoms with Crippen LogP contribution < -0.4 is 9.80 Å². The Kier molecular flexibility index (Phi) is 4.51. The maximum Gasteiger partial charge on any atom is 0.251 e. The van der Waals surface area contributed by atoms with Gasteiger partial charge in [-0.2, -0.15) is 0 Å². The molecule has 3 heterocycles. The largest absolute Gasteiger partial charge is 0.339 e. The number of aromatic nitrogens is 1. The van der Waals surface area contributed by atoms with Gasteiger partial charge in [0.15, 0.2) is 5.82 Å². The molecule has 0 saturated carbocycles. The highest BCUT2D eigenvalue weighted by Crippen LogP contribution is 2.39. The summed E-state index contributed by atoms with van der Waals surface area (Å²) in [5.74, 6) is 0.783. The van der Waals surface area contributed by atoms with Gasteiger partial charge in [-0.3, -0.25) is 9.59 Å². The molecule has 0 bridgehead atoms. The number of rotatable bonds is 2. The molecule has 1 fully saturated rings. The third-order valence-electron chi connectivity index (χ3n) is 4.34. The number of amides is 2. The Hall–Kier alpha value is -1.34. The molecular formula is C15H18BrClN4O2. The standard InChI is InChI=1S/C15H18BrClN4O2/c1-3-4-12(22)20-5-6-21-11(8-20)15(23)19(2)10-7-9(16)13(17)18-14(10)21/h7,11H,3-6,8H2,1-2H3/t11-/m1/s1. The summed E-state index contributed by atoms with van der Waals surface area (Å²) in [6.07, 6.45) is 1.33. The van der Waals surface area contributed by atoms with Crippen LogP contribution in [0.4, 0.5) is 11.5 Å². The Morgan fingerprint density at radius 3 is 2.91 bits per heavy atom. The molecule has 0 aromatic carbocycles. The quantitative estimate of drug-likeness (QED) is 0.714. The molecule has 124 valence electrons. The number of nitrogens with zero attached hydrogens (tertiary/aromatic N) is 4. The van der Waals surface area contributed by atoms with Crippen LogP contribution in [0.15, 0.2) is 10.5 Å². The van der Waals surface area contributed by atoms with Crippen LogP contribution in [0.2, 0.25) is 5.15 Å². The van der Waals surface area contributed by atoms with E-state index in [9.17, 15) is 9.59 Å². The van der Waals surface area contributed by atoms with Gasteiger partial charge in [0.1, 0.15) is 11.2 Å². The molecule has 23 heavy (non-hydrogen) atoms. The summed E-state index contributed by atoms with van der Waals surface area (Å²) in [5, 5.41) is 0.370. The number of anilines is 2. The zero-order chi connectivity index (χ0) is 16.7. The fourth-order valence-electron chi connectivity index (χ4n) is 3.09. The third-order valence-corrected chi connectivity index (χ3v) is 5.46. The molecule has 2 aliphatic heterocycles. The first kappa shape index (κ1) is 16.5. The third kappa shape index (κ3) is 2.80. The number of fused-ring (bicyclic) bond motifs is 3. The van der Waals surface area contributed by atoms with Gasteiger partial charge in [-0.05, 0) is 28.4 Å². The fourth-order valence-corrected chi connectivity index (χ4v) is 3.53. The molecule has 0 aliphatic carbocycles. The molecule has 0 spiro atoms. The van der Waals surface area contributed by atoms with Crippen LogP contribution in [0.25, 0.3) is 0 Å². The lowest BCUT2D eigenvalue weighted by atomic mass is 10.1. The summed E-state index contributed by atoms with van der Waals surface area (Å²) in [6.45, 7) is 3.56. The predicted molar refractivity (Wildman–Crippen MR) is 93.0 cm³/mol. The Morgan fingerprint density at radius 2 is 2.22 bits per heavy atom. The van der Waals surface area contributed by atoms with Crippen LogP contribution >= 0.6 is 27.5 Å². The van der Waals surface area contributed by atoms with E-state index < -0.39 is 6.04 Å². The van der Waals surface area contributed by atoms with E-state index in [2.05, 4.69) is 20.9 Å². The number of pyridine rings is 1. The average molecular weight is 402 g/mol. The number of hydrogen-bond donors (Lipinski definition) is 0. The summed E-state index contributed by atoms with van der Waals surface area (Å²) in [6, 6.07) is 1.42. The number of likely N-dealkylation sites (N-methyl/N-ethyl adjacent to an activating group) is 1. The molecular weight excluding hydrogens is 384 g/mol. The molecule has 6 nitrogen and oxygen atoms in total. The summed E-state index contributed by atoms with van der Waals surface area (Å²) in [5.41, 5.74) is 0.732. The molecule has 1 aromatic rings. The number of halogens is 2. The zero-order valence-corrected chi connectivity index (χ0v) is 15.4. The van der Waals surface area contributed by atoms with Gasteiger partial charge in [-0.25, -0.2) is 4.98 Å². The van der Waals surface area contributed by atoms with E-state index in [1.165, 1.54) is 0 Å². The van der Waals surface area contributed by atoms with E-state index in [1.54, 1.807) is 16.8 Å². The topological polar surface area (TPSA) is 56.8 Å². The minimum atomic E-state index is -0.396. The second-order valence-electron chi connectivity index (χ2n) is 5.80. The summed E-state index contributed by atoms with van der Waals surface area (Å²) >= 11 is 9.48. The minimum absolute atomic E-state index is 0.0254. The summed E-state index contributed by atoms with van der Waals surface area (Å²) in [7, 11) is 1.73. The summed E-state index contributed by atoms with van der Waals surface area (Å²) < 4.78 is 0.660. The molecule has 1 aromatic heterocycles. The number of piperazine rings is 1. The first-order valence-electron chi connectivity index (χ1n) is 7.62. The maximum absolute atomic E-state index is 12.7. The smallest absolute Gasteiger partial charge is 0.251 e. The maximum atomic E-state index is 12.7. The minimum Gasteiger partial charge on any atom is -0.339 e.